The van der Waals surface area contributed by atoms with Crippen molar-refractivity contribution >= 4 is 11.8 Å². The van der Waals surface area contributed by atoms with Crippen LogP contribution in [0.3, 0.4) is 0 Å². The van der Waals surface area contributed by atoms with Gasteiger partial charge in [0.2, 0.25) is 11.8 Å². The monoisotopic (exact) mass is 364 g/mol. The normalized spacial score (nSPS) is 19.6. The van der Waals surface area contributed by atoms with Crippen molar-refractivity contribution in [3.05, 3.63) is 60.2 Å². The maximum absolute atomic E-state index is 13.2. The van der Waals surface area contributed by atoms with E-state index in [0.717, 1.165) is 36.1 Å². The highest BCUT2D eigenvalue weighted by Gasteiger charge is 2.44. The fourth-order valence-electron chi connectivity index (χ4n) is 4.21. The highest BCUT2D eigenvalue weighted by atomic mass is 16.2. The molecule has 1 aliphatic rings. The lowest BCUT2D eigenvalue weighted by molar-refractivity contribution is -0.146. The standard InChI is InChI=1S/C23H28N2O2/c1-18(26)25-15-9-14-23(17-25,22(27)24(2)3)16-20-12-7-8-13-21(20)19-10-5-4-6-11-19/h4-8,10-13H,9,14-17H2,1-3H3. The molecule has 0 bridgehead atoms. The van der Waals surface area contributed by atoms with Gasteiger partial charge in [-0.15, -0.1) is 0 Å². The Balaban J connectivity index is 2.01. The second kappa shape index (κ2) is 7.95. The molecule has 0 N–H and O–H groups in total. The number of hydrogen-bond donors (Lipinski definition) is 0. The fraction of sp³-hybridized carbons (Fsp3) is 0.391. The van der Waals surface area contributed by atoms with Gasteiger partial charge in [0.1, 0.15) is 0 Å². The molecule has 27 heavy (non-hydrogen) atoms. The molecule has 2 aromatic rings. The van der Waals surface area contributed by atoms with Gasteiger partial charge in [0.05, 0.1) is 5.41 Å². The molecule has 2 amide bonds. The number of piperidine rings is 1. The summed E-state index contributed by atoms with van der Waals surface area (Å²) in [5.41, 5.74) is 2.89. The molecule has 1 aliphatic heterocycles. The van der Waals surface area contributed by atoms with Gasteiger partial charge in [-0.2, -0.15) is 0 Å². The summed E-state index contributed by atoms with van der Waals surface area (Å²) in [6.07, 6.45) is 2.29. The molecule has 1 saturated heterocycles. The molecule has 0 aliphatic carbocycles. The summed E-state index contributed by atoms with van der Waals surface area (Å²) in [5, 5.41) is 0. The van der Waals surface area contributed by atoms with Crippen molar-refractivity contribution in [2.75, 3.05) is 27.2 Å². The van der Waals surface area contributed by atoms with E-state index in [1.807, 2.05) is 35.2 Å². The molecular formula is C23H28N2O2. The maximum atomic E-state index is 13.2. The molecule has 4 heteroatoms. The molecular weight excluding hydrogens is 336 g/mol. The number of rotatable bonds is 4. The maximum Gasteiger partial charge on any atom is 0.230 e. The zero-order chi connectivity index (χ0) is 19.4. The van der Waals surface area contributed by atoms with Gasteiger partial charge in [-0.1, -0.05) is 54.6 Å². The lowest BCUT2D eigenvalue weighted by Gasteiger charge is -2.43. The Hall–Kier alpha value is -2.62. The van der Waals surface area contributed by atoms with E-state index in [4.69, 9.17) is 0 Å². The molecule has 1 fully saturated rings. The van der Waals surface area contributed by atoms with Crippen LogP contribution >= 0.6 is 0 Å². The Kier molecular flexibility index (Phi) is 5.64. The Morgan fingerprint density at radius 1 is 1.04 bits per heavy atom. The summed E-state index contributed by atoms with van der Waals surface area (Å²) >= 11 is 0. The summed E-state index contributed by atoms with van der Waals surface area (Å²) in [4.78, 5) is 28.8. The first-order chi connectivity index (χ1) is 12.9. The Morgan fingerprint density at radius 2 is 1.70 bits per heavy atom. The predicted molar refractivity (Wildman–Crippen MR) is 108 cm³/mol. The summed E-state index contributed by atoms with van der Waals surface area (Å²) in [6.45, 7) is 2.81. The van der Waals surface area contributed by atoms with E-state index in [-0.39, 0.29) is 11.8 Å². The van der Waals surface area contributed by atoms with Crippen molar-refractivity contribution in [1.82, 2.24) is 9.80 Å². The lowest BCUT2D eigenvalue weighted by atomic mass is 9.73. The second-order valence-corrected chi connectivity index (χ2v) is 7.72. The van der Waals surface area contributed by atoms with Gasteiger partial charge in [-0.05, 0) is 36.0 Å². The van der Waals surface area contributed by atoms with Crippen LogP contribution in [-0.2, 0) is 16.0 Å². The number of nitrogens with zero attached hydrogens (tertiary/aromatic N) is 2. The summed E-state index contributed by atoms with van der Waals surface area (Å²) in [6, 6.07) is 18.6. The van der Waals surface area contributed by atoms with Gasteiger partial charge in [-0.3, -0.25) is 9.59 Å². The van der Waals surface area contributed by atoms with E-state index in [9.17, 15) is 9.59 Å². The van der Waals surface area contributed by atoms with Gasteiger partial charge < -0.3 is 9.80 Å². The minimum atomic E-state index is -0.571. The van der Waals surface area contributed by atoms with Gasteiger partial charge in [0.25, 0.3) is 0 Å². The number of benzene rings is 2. The Labute approximate surface area is 161 Å². The number of carbonyl (C=O) groups is 2. The molecule has 0 saturated carbocycles. The Morgan fingerprint density at radius 3 is 2.37 bits per heavy atom. The third-order valence-corrected chi connectivity index (χ3v) is 5.51. The largest absolute Gasteiger partial charge is 0.348 e. The molecule has 1 heterocycles. The summed E-state index contributed by atoms with van der Waals surface area (Å²) in [5.74, 6) is 0.151. The fourth-order valence-corrected chi connectivity index (χ4v) is 4.21. The van der Waals surface area contributed by atoms with Crippen molar-refractivity contribution in [1.29, 1.82) is 0 Å². The van der Waals surface area contributed by atoms with E-state index in [1.54, 1.807) is 25.9 Å². The highest BCUT2D eigenvalue weighted by Crippen LogP contribution is 2.38. The van der Waals surface area contributed by atoms with E-state index >= 15 is 0 Å². The third-order valence-electron chi connectivity index (χ3n) is 5.51. The Bertz CT molecular complexity index is 816. The second-order valence-electron chi connectivity index (χ2n) is 7.72. The van der Waals surface area contributed by atoms with Crippen LogP contribution in [0.5, 0.6) is 0 Å². The smallest absolute Gasteiger partial charge is 0.230 e. The van der Waals surface area contributed by atoms with E-state index in [1.165, 1.54) is 0 Å². The van der Waals surface area contributed by atoms with Crippen LogP contribution in [0.4, 0.5) is 0 Å². The van der Waals surface area contributed by atoms with Crippen molar-refractivity contribution in [3.8, 4) is 11.1 Å². The van der Waals surface area contributed by atoms with Crippen molar-refractivity contribution in [2.45, 2.75) is 26.2 Å². The topological polar surface area (TPSA) is 40.6 Å². The minimum Gasteiger partial charge on any atom is -0.348 e. The molecule has 4 nitrogen and oxygen atoms in total. The zero-order valence-electron chi connectivity index (χ0n) is 16.4. The SMILES string of the molecule is CC(=O)N1CCCC(Cc2ccccc2-c2ccccc2)(C(=O)N(C)C)C1. The number of likely N-dealkylation sites (tertiary alicyclic amines) is 1. The first-order valence-electron chi connectivity index (χ1n) is 9.53. The van der Waals surface area contributed by atoms with E-state index in [2.05, 4.69) is 24.3 Å². The van der Waals surface area contributed by atoms with Gasteiger partial charge in [0.15, 0.2) is 0 Å². The van der Waals surface area contributed by atoms with Crippen LogP contribution in [0.25, 0.3) is 11.1 Å². The van der Waals surface area contributed by atoms with Crippen LogP contribution in [0.1, 0.15) is 25.3 Å². The van der Waals surface area contributed by atoms with Crippen molar-refractivity contribution < 1.29 is 9.59 Å². The molecule has 1 atom stereocenters. The molecule has 0 aromatic heterocycles. The average Bonchev–Trinajstić information content (AvgIpc) is 2.68. The molecule has 1 unspecified atom stereocenters. The quantitative estimate of drug-likeness (QED) is 0.831. The first-order valence-corrected chi connectivity index (χ1v) is 9.53. The first kappa shape index (κ1) is 19.2. The van der Waals surface area contributed by atoms with Crippen LogP contribution in [0, 0.1) is 5.41 Å². The highest BCUT2D eigenvalue weighted by molar-refractivity contribution is 5.85. The number of amides is 2. The number of carbonyl (C=O) groups excluding carboxylic acids is 2. The van der Waals surface area contributed by atoms with Crippen molar-refractivity contribution in [3.63, 3.8) is 0 Å². The van der Waals surface area contributed by atoms with Gasteiger partial charge in [-0.25, -0.2) is 0 Å². The minimum absolute atomic E-state index is 0.0435. The molecule has 2 aromatic carbocycles. The number of hydrogen-bond acceptors (Lipinski definition) is 2. The van der Waals surface area contributed by atoms with Crippen LogP contribution in [0.15, 0.2) is 54.6 Å². The van der Waals surface area contributed by atoms with E-state index in [0.29, 0.717) is 13.0 Å². The van der Waals surface area contributed by atoms with Crippen LogP contribution in [-0.4, -0.2) is 48.8 Å². The lowest BCUT2D eigenvalue weighted by Crippen LogP contribution is -2.53. The summed E-state index contributed by atoms with van der Waals surface area (Å²) < 4.78 is 0. The van der Waals surface area contributed by atoms with Crippen molar-refractivity contribution in [2.24, 2.45) is 5.41 Å². The molecule has 3 rings (SSSR count). The van der Waals surface area contributed by atoms with Gasteiger partial charge >= 0.3 is 0 Å². The average molecular weight is 364 g/mol. The van der Waals surface area contributed by atoms with Crippen LogP contribution in [0.2, 0.25) is 0 Å². The predicted octanol–water partition coefficient (Wildman–Crippen LogP) is 3.61. The van der Waals surface area contributed by atoms with E-state index < -0.39 is 5.41 Å². The van der Waals surface area contributed by atoms with Gasteiger partial charge in [0, 0.05) is 34.1 Å². The molecule has 0 radical (unpaired) electrons. The van der Waals surface area contributed by atoms with Crippen LogP contribution < -0.4 is 0 Å². The molecule has 142 valence electrons. The molecule has 0 spiro atoms. The zero-order valence-corrected chi connectivity index (χ0v) is 16.4. The third kappa shape index (κ3) is 4.05. The summed E-state index contributed by atoms with van der Waals surface area (Å²) in [7, 11) is 3.61.